The number of halogens is 2. The van der Waals surface area contributed by atoms with Crippen LogP contribution in [0.15, 0.2) is 53.7 Å². The van der Waals surface area contributed by atoms with Gasteiger partial charge < -0.3 is 25.0 Å². The summed E-state index contributed by atoms with van der Waals surface area (Å²) in [5, 5.41) is 6.18. The fourth-order valence-corrected chi connectivity index (χ4v) is 4.98. The fourth-order valence-electron chi connectivity index (χ4n) is 4.98. The van der Waals surface area contributed by atoms with Gasteiger partial charge in [0.05, 0.1) is 30.5 Å². The molecule has 2 aliphatic rings. The van der Waals surface area contributed by atoms with Gasteiger partial charge in [-0.15, -0.1) is 0 Å². The number of rotatable bonds is 7. The van der Waals surface area contributed by atoms with Crippen LogP contribution >= 0.6 is 0 Å². The average molecular weight is 500 g/mol. The summed E-state index contributed by atoms with van der Waals surface area (Å²) < 4.78 is 39.1. The number of allylic oxidation sites excluding steroid dienone is 1. The molecule has 9 heteroatoms. The Labute approximate surface area is 209 Å². The van der Waals surface area contributed by atoms with E-state index in [1.807, 2.05) is 38.1 Å². The molecule has 1 unspecified atom stereocenters. The Bertz CT molecular complexity index is 1170. The van der Waals surface area contributed by atoms with Crippen LogP contribution in [0.5, 0.6) is 0 Å². The highest BCUT2D eigenvalue weighted by Gasteiger charge is 2.42. The van der Waals surface area contributed by atoms with E-state index < -0.39 is 24.0 Å². The number of amides is 1. The van der Waals surface area contributed by atoms with Gasteiger partial charge in [0.25, 0.3) is 0 Å². The number of anilines is 2. The lowest BCUT2D eigenvalue weighted by Gasteiger charge is -2.38. The quantitative estimate of drug-likeness (QED) is 0.553. The van der Waals surface area contributed by atoms with Crippen LogP contribution in [0.3, 0.4) is 0 Å². The Balaban J connectivity index is 1.85. The third kappa shape index (κ3) is 5.42. The maximum absolute atomic E-state index is 14.4. The number of hydrogen-bond acceptors (Lipinski definition) is 6. The van der Waals surface area contributed by atoms with Gasteiger partial charge in [-0.25, -0.2) is 8.78 Å². The molecular weight excluding hydrogens is 468 g/mol. The summed E-state index contributed by atoms with van der Waals surface area (Å²) in [6.45, 7) is 3.96. The van der Waals surface area contributed by atoms with Gasteiger partial charge >= 0.3 is 0 Å². The zero-order valence-corrected chi connectivity index (χ0v) is 20.9. The van der Waals surface area contributed by atoms with Gasteiger partial charge in [0.1, 0.15) is 11.6 Å². The monoisotopic (exact) mass is 499 g/mol. The summed E-state index contributed by atoms with van der Waals surface area (Å²) in [5.74, 6) is -2.00. The molecule has 36 heavy (non-hydrogen) atoms. The van der Waals surface area contributed by atoms with Crippen molar-refractivity contribution in [3.05, 3.63) is 70.9 Å². The third-order valence-electron chi connectivity index (χ3n) is 6.51. The first-order valence-electron chi connectivity index (χ1n) is 11.8. The number of methoxy groups -OCH3 is 2. The number of nitrogens with zero attached hydrogens (tertiary/aromatic N) is 1. The number of hydrogen-bond donors (Lipinski definition) is 2. The molecule has 0 fully saturated rings. The molecule has 0 aromatic heterocycles. The molecule has 2 N–H and O–H groups in total. The summed E-state index contributed by atoms with van der Waals surface area (Å²) in [5.41, 5.74) is 2.41. The van der Waals surface area contributed by atoms with Crippen molar-refractivity contribution in [1.82, 2.24) is 5.32 Å². The molecule has 1 atom stereocenters. The Hall–Kier alpha value is -3.30. The van der Waals surface area contributed by atoms with Crippen molar-refractivity contribution in [3.63, 3.8) is 0 Å². The first-order chi connectivity index (χ1) is 17.1. The molecule has 1 amide bonds. The number of fused-ring (bicyclic) bond motifs is 1. The third-order valence-corrected chi connectivity index (χ3v) is 6.51. The van der Waals surface area contributed by atoms with Gasteiger partial charge in [0, 0.05) is 38.0 Å². The molecule has 1 heterocycles. The Morgan fingerprint density at radius 1 is 1.14 bits per heavy atom. The van der Waals surface area contributed by atoms with Crippen molar-refractivity contribution in [2.45, 2.75) is 39.0 Å². The summed E-state index contributed by atoms with van der Waals surface area (Å²) in [7, 11) is 2.94. The number of carbonyl (C=O) groups excluding carboxylic acids is 2. The lowest BCUT2D eigenvalue weighted by molar-refractivity contribution is -0.126. The van der Waals surface area contributed by atoms with E-state index in [2.05, 4.69) is 10.6 Å². The molecule has 0 saturated carbocycles. The van der Waals surface area contributed by atoms with Crippen LogP contribution in [0.4, 0.5) is 20.2 Å². The highest BCUT2D eigenvalue weighted by molar-refractivity contribution is 6.01. The lowest BCUT2D eigenvalue weighted by atomic mass is 9.73. The normalized spacial score (nSPS) is 18.9. The fraction of sp³-hybridized carbons (Fsp3) is 0.407. The minimum absolute atomic E-state index is 0.111. The zero-order valence-electron chi connectivity index (χ0n) is 20.9. The highest BCUT2D eigenvalue weighted by atomic mass is 19.1. The first-order valence-corrected chi connectivity index (χ1v) is 11.8. The maximum Gasteiger partial charge on any atom is 0.239 e. The van der Waals surface area contributed by atoms with Crippen molar-refractivity contribution in [1.29, 1.82) is 0 Å². The zero-order chi connectivity index (χ0) is 26.0. The van der Waals surface area contributed by atoms with Crippen molar-refractivity contribution in [2.24, 2.45) is 5.41 Å². The maximum atomic E-state index is 14.4. The van der Waals surface area contributed by atoms with Gasteiger partial charge in [-0.2, -0.15) is 0 Å². The van der Waals surface area contributed by atoms with Crippen LogP contribution in [0.2, 0.25) is 0 Å². The van der Waals surface area contributed by atoms with Gasteiger partial charge in [-0.3, -0.25) is 9.59 Å². The summed E-state index contributed by atoms with van der Waals surface area (Å²) in [6, 6.07) is 9.69. The van der Waals surface area contributed by atoms with Crippen LogP contribution in [0.1, 0.15) is 38.3 Å². The van der Waals surface area contributed by atoms with E-state index in [9.17, 15) is 18.4 Å². The molecule has 0 bridgehead atoms. The molecule has 2 aromatic rings. The topological polar surface area (TPSA) is 79.9 Å². The molecule has 0 spiro atoms. The summed E-state index contributed by atoms with van der Waals surface area (Å²) in [4.78, 5) is 28.4. The van der Waals surface area contributed by atoms with E-state index in [-0.39, 0.29) is 42.2 Å². The van der Waals surface area contributed by atoms with Crippen LogP contribution in [0, 0.1) is 17.0 Å². The number of benzene rings is 2. The second-order valence-electron chi connectivity index (χ2n) is 9.91. The van der Waals surface area contributed by atoms with Gasteiger partial charge in [-0.1, -0.05) is 26.0 Å². The van der Waals surface area contributed by atoms with Crippen LogP contribution in [0.25, 0.3) is 0 Å². The lowest BCUT2D eigenvalue weighted by Crippen LogP contribution is -2.44. The number of Topliss-reactive ketones (excluding diaryl/α,β-unsaturated/α-hetero) is 1. The van der Waals surface area contributed by atoms with Crippen LogP contribution in [-0.4, -0.2) is 45.3 Å². The van der Waals surface area contributed by atoms with Crippen molar-refractivity contribution < 1.29 is 27.8 Å². The molecule has 2 aromatic carbocycles. The van der Waals surface area contributed by atoms with Crippen molar-refractivity contribution in [2.75, 3.05) is 37.5 Å². The standard InChI is InChI=1S/C27H31F2N3O4/c1-27(2)12-20-25(22(33)13-27)26(16-9-17(28)11-18(29)10-16)32(21-8-6-5-7-19(21)31-20)15-23(34)30-14-24(35-3)36-4/h5-11,24,26,31H,12-15H2,1-4H3,(H,30,34). The van der Waals surface area contributed by atoms with E-state index in [0.29, 0.717) is 29.1 Å². The number of para-hydroxylation sites is 2. The average Bonchev–Trinajstić information content (AvgIpc) is 2.93. The molecule has 1 aliphatic heterocycles. The predicted octanol–water partition coefficient (Wildman–Crippen LogP) is 4.32. The summed E-state index contributed by atoms with van der Waals surface area (Å²) in [6.07, 6.45) is 0.221. The molecule has 4 rings (SSSR count). The van der Waals surface area contributed by atoms with Crippen LogP contribution in [-0.2, 0) is 19.1 Å². The number of nitrogens with one attached hydrogen (secondary N) is 2. The Kier molecular flexibility index (Phi) is 7.42. The minimum atomic E-state index is -0.878. The van der Waals surface area contributed by atoms with E-state index in [1.165, 1.54) is 26.4 Å². The SMILES string of the molecule is COC(CNC(=O)CN1c2ccccc2NC2=C(C(=O)CC(C)(C)C2)C1c1cc(F)cc(F)c1)OC. The second kappa shape index (κ2) is 10.4. The summed E-state index contributed by atoms with van der Waals surface area (Å²) >= 11 is 0. The van der Waals surface area contributed by atoms with Crippen molar-refractivity contribution in [3.8, 4) is 0 Å². The molecule has 1 aliphatic carbocycles. The second-order valence-corrected chi connectivity index (χ2v) is 9.91. The minimum Gasteiger partial charge on any atom is -0.357 e. The molecule has 0 saturated heterocycles. The largest absolute Gasteiger partial charge is 0.357 e. The number of ether oxygens (including phenoxy) is 2. The Morgan fingerprint density at radius 3 is 2.47 bits per heavy atom. The highest BCUT2D eigenvalue weighted by Crippen LogP contribution is 2.48. The predicted molar refractivity (Wildman–Crippen MR) is 132 cm³/mol. The smallest absolute Gasteiger partial charge is 0.239 e. The van der Waals surface area contributed by atoms with Gasteiger partial charge in [0.15, 0.2) is 12.1 Å². The van der Waals surface area contributed by atoms with Gasteiger partial charge in [0.2, 0.25) is 5.91 Å². The molecule has 7 nitrogen and oxygen atoms in total. The number of ketones is 1. The first kappa shape index (κ1) is 25.8. The van der Waals surface area contributed by atoms with Crippen molar-refractivity contribution >= 4 is 23.1 Å². The van der Waals surface area contributed by atoms with E-state index in [4.69, 9.17) is 9.47 Å². The molecule has 0 radical (unpaired) electrons. The Morgan fingerprint density at radius 2 is 1.81 bits per heavy atom. The van der Waals surface area contributed by atoms with E-state index in [1.54, 1.807) is 4.90 Å². The van der Waals surface area contributed by atoms with E-state index >= 15 is 0 Å². The van der Waals surface area contributed by atoms with Crippen LogP contribution < -0.4 is 15.5 Å². The number of carbonyl (C=O) groups is 2. The van der Waals surface area contributed by atoms with Gasteiger partial charge in [-0.05, 0) is 41.7 Å². The van der Waals surface area contributed by atoms with E-state index in [0.717, 1.165) is 6.07 Å². The molecule has 192 valence electrons. The molecular formula is C27H31F2N3O4.